The molecule has 116 valence electrons. The van der Waals surface area contributed by atoms with Crippen LogP contribution in [0.3, 0.4) is 0 Å². The van der Waals surface area contributed by atoms with Crippen LogP contribution >= 0.6 is 11.6 Å². The van der Waals surface area contributed by atoms with Crippen LogP contribution in [-0.4, -0.2) is 19.1 Å². The first-order chi connectivity index (χ1) is 10.7. The number of rotatable bonds is 7. The molecule has 4 heteroatoms. The van der Waals surface area contributed by atoms with Crippen molar-refractivity contribution in [1.29, 1.82) is 0 Å². The number of anilines is 1. The molecule has 0 bridgehead atoms. The molecule has 0 N–H and O–H groups in total. The molecule has 3 nitrogen and oxygen atoms in total. The van der Waals surface area contributed by atoms with Gasteiger partial charge in [0.05, 0.1) is 13.0 Å². The zero-order valence-corrected chi connectivity index (χ0v) is 13.4. The summed E-state index contributed by atoms with van der Waals surface area (Å²) in [6, 6.07) is 17.8. The number of carbonyl (C=O) groups excluding carboxylic acids is 1. The molecule has 0 atom stereocenters. The topological polar surface area (TPSA) is 29.5 Å². The maximum Gasteiger partial charge on any atom is 0.307 e. The molecule has 0 amide bonds. The van der Waals surface area contributed by atoms with E-state index in [0.29, 0.717) is 24.6 Å². The number of hydrogen-bond acceptors (Lipinski definition) is 3. The minimum atomic E-state index is -0.172. The lowest BCUT2D eigenvalue weighted by Gasteiger charge is -2.24. The number of benzene rings is 2. The quantitative estimate of drug-likeness (QED) is 0.713. The summed E-state index contributed by atoms with van der Waals surface area (Å²) in [6.07, 6.45) is 0.364. The van der Waals surface area contributed by atoms with Gasteiger partial charge in [0, 0.05) is 23.8 Å². The number of esters is 1. The highest BCUT2D eigenvalue weighted by molar-refractivity contribution is 6.30. The third kappa shape index (κ3) is 5.08. The van der Waals surface area contributed by atoms with Crippen LogP contribution in [0.4, 0.5) is 5.69 Å². The lowest BCUT2D eigenvalue weighted by atomic mass is 10.2. The van der Waals surface area contributed by atoms with Crippen molar-refractivity contribution in [2.45, 2.75) is 19.9 Å². The molecule has 0 aromatic heterocycles. The summed E-state index contributed by atoms with van der Waals surface area (Å²) >= 11 is 5.95. The first-order valence-corrected chi connectivity index (χ1v) is 7.77. The molecule has 0 fully saturated rings. The minimum Gasteiger partial charge on any atom is -0.466 e. The van der Waals surface area contributed by atoms with E-state index in [1.54, 1.807) is 0 Å². The summed E-state index contributed by atoms with van der Waals surface area (Å²) in [4.78, 5) is 13.8. The average molecular weight is 318 g/mol. The van der Waals surface area contributed by atoms with Crippen molar-refractivity contribution in [2.75, 3.05) is 18.1 Å². The molecule has 22 heavy (non-hydrogen) atoms. The van der Waals surface area contributed by atoms with Gasteiger partial charge in [-0.3, -0.25) is 4.79 Å². The van der Waals surface area contributed by atoms with Crippen LogP contribution in [0.15, 0.2) is 54.6 Å². The average Bonchev–Trinajstić information content (AvgIpc) is 2.53. The molecule has 0 saturated heterocycles. The lowest BCUT2D eigenvalue weighted by Crippen LogP contribution is -2.26. The molecule has 0 heterocycles. The first-order valence-electron chi connectivity index (χ1n) is 7.39. The van der Waals surface area contributed by atoms with Gasteiger partial charge in [-0.2, -0.15) is 0 Å². The summed E-state index contributed by atoms with van der Waals surface area (Å²) in [5.74, 6) is -0.172. The van der Waals surface area contributed by atoms with Crippen molar-refractivity contribution in [1.82, 2.24) is 0 Å². The lowest BCUT2D eigenvalue weighted by molar-refractivity contribution is -0.142. The summed E-state index contributed by atoms with van der Waals surface area (Å²) in [5.41, 5.74) is 2.24. The third-order valence-electron chi connectivity index (χ3n) is 3.30. The zero-order chi connectivity index (χ0) is 15.8. The van der Waals surface area contributed by atoms with Crippen molar-refractivity contribution < 1.29 is 9.53 Å². The Bertz CT molecular complexity index is 584. The fraction of sp³-hybridized carbons (Fsp3) is 0.278. The van der Waals surface area contributed by atoms with E-state index in [1.807, 2.05) is 49.4 Å². The minimum absolute atomic E-state index is 0.172. The second-order valence-electron chi connectivity index (χ2n) is 4.94. The molecule has 0 saturated carbocycles. The van der Waals surface area contributed by atoms with Gasteiger partial charge < -0.3 is 9.64 Å². The van der Waals surface area contributed by atoms with Gasteiger partial charge in [-0.05, 0) is 36.8 Å². The van der Waals surface area contributed by atoms with Gasteiger partial charge >= 0.3 is 5.97 Å². The summed E-state index contributed by atoms with van der Waals surface area (Å²) in [6.45, 7) is 3.58. The fourth-order valence-corrected chi connectivity index (χ4v) is 2.34. The number of ether oxygens (including phenoxy) is 1. The van der Waals surface area contributed by atoms with Crippen LogP contribution < -0.4 is 4.90 Å². The predicted molar refractivity (Wildman–Crippen MR) is 90.2 cm³/mol. The van der Waals surface area contributed by atoms with Crippen molar-refractivity contribution in [2.24, 2.45) is 0 Å². The molecule has 2 rings (SSSR count). The molecular formula is C18H20ClNO2. The second-order valence-corrected chi connectivity index (χ2v) is 5.38. The van der Waals surface area contributed by atoms with Gasteiger partial charge in [0.25, 0.3) is 0 Å². The fourth-order valence-electron chi connectivity index (χ4n) is 2.21. The standard InChI is InChI=1S/C18H20ClNO2/c1-2-22-18(21)12-13-20(14-15-6-4-3-5-7-15)17-10-8-16(19)9-11-17/h3-11H,2,12-14H2,1H3. The van der Waals surface area contributed by atoms with E-state index in [9.17, 15) is 4.79 Å². The summed E-state index contributed by atoms with van der Waals surface area (Å²) in [7, 11) is 0. The Morgan fingerprint density at radius 1 is 1.09 bits per heavy atom. The first kappa shape index (κ1) is 16.4. The Balaban J connectivity index is 2.09. The largest absolute Gasteiger partial charge is 0.466 e. The molecule has 0 aliphatic heterocycles. The van der Waals surface area contributed by atoms with Crippen molar-refractivity contribution in [3.63, 3.8) is 0 Å². The van der Waals surface area contributed by atoms with Crippen molar-refractivity contribution in [3.8, 4) is 0 Å². The van der Waals surface area contributed by atoms with Gasteiger partial charge in [-0.15, -0.1) is 0 Å². The molecule has 0 aliphatic carbocycles. The Morgan fingerprint density at radius 2 is 1.77 bits per heavy atom. The van der Waals surface area contributed by atoms with E-state index in [0.717, 1.165) is 12.2 Å². The Kier molecular flexibility index (Phi) is 6.28. The Morgan fingerprint density at radius 3 is 2.41 bits per heavy atom. The molecule has 0 unspecified atom stereocenters. The van der Waals surface area contributed by atoms with Crippen molar-refractivity contribution in [3.05, 3.63) is 65.2 Å². The number of nitrogens with zero attached hydrogens (tertiary/aromatic N) is 1. The van der Waals surface area contributed by atoms with Crippen LogP contribution in [0.5, 0.6) is 0 Å². The monoisotopic (exact) mass is 317 g/mol. The van der Waals surface area contributed by atoms with E-state index in [4.69, 9.17) is 16.3 Å². The maximum atomic E-state index is 11.6. The van der Waals surface area contributed by atoms with Crippen molar-refractivity contribution >= 4 is 23.3 Å². The maximum absolute atomic E-state index is 11.6. The number of hydrogen-bond donors (Lipinski definition) is 0. The Hall–Kier alpha value is -2.00. The van der Waals surface area contributed by atoms with Gasteiger partial charge in [-0.25, -0.2) is 0 Å². The summed E-state index contributed by atoms with van der Waals surface area (Å²) in [5, 5.41) is 0.703. The van der Waals surface area contributed by atoms with Crippen LogP contribution in [0.25, 0.3) is 0 Å². The van der Waals surface area contributed by atoms with Crippen LogP contribution in [0.2, 0.25) is 5.02 Å². The highest BCUT2D eigenvalue weighted by Crippen LogP contribution is 2.20. The molecule has 0 radical (unpaired) electrons. The third-order valence-corrected chi connectivity index (χ3v) is 3.55. The SMILES string of the molecule is CCOC(=O)CCN(Cc1ccccc1)c1ccc(Cl)cc1. The highest BCUT2D eigenvalue weighted by atomic mass is 35.5. The molecule has 0 aliphatic rings. The normalized spacial score (nSPS) is 10.3. The molecular weight excluding hydrogens is 298 g/mol. The number of halogens is 1. The van der Waals surface area contributed by atoms with Crippen LogP contribution in [0, 0.1) is 0 Å². The molecule has 2 aromatic rings. The van der Waals surface area contributed by atoms with E-state index in [-0.39, 0.29) is 5.97 Å². The number of carbonyl (C=O) groups is 1. The van der Waals surface area contributed by atoms with Gasteiger partial charge in [0.15, 0.2) is 0 Å². The van der Waals surface area contributed by atoms with E-state index in [1.165, 1.54) is 5.56 Å². The van der Waals surface area contributed by atoms with Crippen LogP contribution in [0.1, 0.15) is 18.9 Å². The molecule has 0 spiro atoms. The zero-order valence-electron chi connectivity index (χ0n) is 12.7. The molecule has 2 aromatic carbocycles. The van der Waals surface area contributed by atoms with Gasteiger partial charge in [-0.1, -0.05) is 41.9 Å². The van der Waals surface area contributed by atoms with Gasteiger partial charge in [0.1, 0.15) is 0 Å². The van der Waals surface area contributed by atoms with E-state index in [2.05, 4.69) is 17.0 Å². The van der Waals surface area contributed by atoms with E-state index < -0.39 is 0 Å². The smallest absolute Gasteiger partial charge is 0.307 e. The van der Waals surface area contributed by atoms with Gasteiger partial charge in [0.2, 0.25) is 0 Å². The predicted octanol–water partition coefficient (Wildman–Crippen LogP) is 4.30. The highest BCUT2D eigenvalue weighted by Gasteiger charge is 2.11. The van der Waals surface area contributed by atoms with Crippen LogP contribution in [-0.2, 0) is 16.1 Å². The van der Waals surface area contributed by atoms with E-state index >= 15 is 0 Å². The summed E-state index contributed by atoms with van der Waals surface area (Å²) < 4.78 is 5.01. The Labute approximate surface area is 136 Å². The second kappa shape index (κ2) is 8.44.